The lowest BCUT2D eigenvalue weighted by atomic mass is 9.73. The first-order chi connectivity index (χ1) is 18.6. The van der Waals surface area contributed by atoms with E-state index >= 15 is 0 Å². The maximum atomic E-state index is 14.9. The Bertz CT molecular complexity index is 1240. The molecule has 1 fully saturated rings. The third kappa shape index (κ3) is 6.56. The van der Waals surface area contributed by atoms with Crippen molar-refractivity contribution in [1.82, 2.24) is 10.2 Å². The Morgan fingerprint density at radius 2 is 1.75 bits per heavy atom. The van der Waals surface area contributed by atoms with E-state index in [1.165, 1.54) is 37.3 Å². The van der Waals surface area contributed by atoms with Gasteiger partial charge < -0.3 is 20.1 Å². The summed E-state index contributed by atoms with van der Waals surface area (Å²) in [6.07, 6.45) is -2.92. The molecule has 11 heteroatoms. The lowest BCUT2D eigenvalue weighted by Gasteiger charge is -2.45. The van der Waals surface area contributed by atoms with Crippen molar-refractivity contribution in [3.8, 4) is 5.75 Å². The van der Waals surface area contributed by atoms with Gasteiger partial charge in [0.2, 0.25) is 0 Å². The average Bonchev–Trinajstić information content (AvgIpc) is 2.86. The Labute approximate surface area is 230 Å². The number of halogens is 4. The minimum absolute atomic E-state index is 0.168. The number of urea groups is 1. The number of carboxylic acids is 1. The molecule has 2 aromatic rings. The molecule has 0 heterocycles. The second-order valence-corrected chi connectivity index (χ2v) is 10.2. The molecule has 1 aliphatic rings. The molecule has 218 valence electrons. The average molecular weight is 567 g/mol. The molecule has 1 aliphatic carbocycles. The summed E-state index contributed by atoms with van der Waals surface area (Å²) in [4.78, 5) is 38.6. The summed E-state index contributed by atoms with van der Waals surface area (Å²) in [5, 5.41) is 11.9. The van der Waals surface area contributed by atoms with Crippen LogP contribution in [0.5, 0.6) is 5.75 Å². The number of benzene rings is 2. The molecule has 2 amide bonds. The van der Waals surface area contributed by atoms with Gasteiger partial charge in [0.25, 0.3) is 11.8 Å². The molecule has 2 aromatic carbocycles. The Morgan fingerprint density at radius 3 is 2.27 bits per heavy atom. The molecular weight excluding hydrogens is 532 g/mol. The fourth-order valence-corrected chi connectivity index (χ4v) is 5.10. The number of carbonyl (C=O) groups excluding carboxylic acids is 2. The van der Waals surface area contributed by atoms with Crippen molar-refractivity contribution >= 4 is 17.8 Å². The van der Waals surface area contributed by atoms with Gasteiger partial charge >= 0.3 is 12.0 Å². The second-order valence-electron chi connectivity index (χ2n) is 10.2. The predicted molar refractivity (Wildman–Crippen MR) is 140 cm³/mol. The number of ether oxygens (including phenoxy) is 1. The molecule has 0 saturated heterocycles. The normalized spacial score (nSPS) is 16.4. The molecule has 0 aliphatic heterocycles. The van der Waals surface area contributed by atoms with E-state index in [2.05, 4.69) is 5.32 Å². The SMILES string of the molecule is CCOc1c(C(C)=O)ccc([C@@H](C)N(CCCC(F)(F)c2ccccc2)C(=O)NC2(C(=O)O)CC(F)(F)C2)c1C. The van der Waals surface area contributed by atoms with Gasteiger partial charge in [0.05, 0.1) is 18.2 Å². The third-order valence-corrected chi connectivity index (χ3v) is 7.26. The van der Waals surface area contributed by atoms with Gasteiger partial charge in [-0.25, -0.2) is 27.2 Å². The van der Waals surface area contributed by atoms with Gasteiger partial charge in [-0.05, 0) is 51.3 Å². The molecule has 0 unspecified atom stereocenters. The van der Waals surface area contributed by atoms with Crippen molar-refractivity contribution in [2.24, 2.45) is 0 Å². The Morgan fingerprint density at radius 1 is 1.12 bits per heavy atom. The van der Waals surface area contributed by atoms with Crippen LogP contribution in [0.25, 0.3) is 0 Å². The van der Waals surface area contributed by atoms with Crippen LogP contribution in [0.3, 0.4) is 0 Å². The Balaban J connectivity index is 1.92. The summed E-state index contributed by atoms with van der Waals surface area (Å²) in [5.74, 6) is -7.96. The molecule has 0 radical (unpaired) electrons. The van der Waals surface area contributed by atoms with E-state index in [-0.39, 0.29) is 30.9 Å². The summed E-state index contributed by atoms with van der Waals surface area (Å²) in [7, 11) is 0. The van der Waals surface area contributed by atoms with Crippen LogP contribution in [0.15, 0.2) is 42.5 Å². The summed E-state index contributed by atoms with van der Waals surface area (Å²) >= 11 is 0. The van der Waals surface area contributed by atoms with Gasteiger partial charge in [-0.3, -0.25) is 4.79 Å². The number of nitrogens with zero attached hydrogens (tertiary/aromatic N) is 1. The van der Waals surface area contributed by atoms with Gasteiger partial charge in [-0.15, -0.1) is 0 Å². The van der Waals surface area contributed by atoms with Gasteiger partial charge in [0.15, 0.2) is 11.3 Å². The van der Waals surface area contributed by atoms with E-state index in [0.29, 0.717) is 22.4 Å². The van der Waals surface area contributed by atoms with E-state index in [1.54, 1.807) is 32.9 Å². The first kappa shape index (κ1) is 30.9. The number of carboxylic acid groups (broad SMARTS) is 1. The van der Waals surface area contributed by atoms with Crippen molar-refractivity contribution in [1.29, 1.82) is 0 Å². The second kappa shape index (κ2) is 11.9. The zero-order valence-electron chi connectivity index (χ0n) is 22.9. The van der Waals surface area contributed by atoms with Crippen LogP contribution < -0.4 is 10.1 Å². The summed E-state index contributed by atoms with van der Waals surface area (Å²) in [6, 6.07) is 8.58. The number of hydrogen-bond donors (Lipinski definition) is 2. The van der Waals surface area contributed by atoms with E-state index in [0.717, 1.165) is 4.90 Å². The fourth-order valence-electron chi connectivity index (χ4n) is 5.10. The molecule has 0 spiro atoms. The van der Waals surface area contributed by atoms with Crippen molar-refractivity contribution in [2.75, 3.05) is 13.2 Å². The quantitative estimate of drug-likeness (QED) is 0.226. The number of Topliss-reactive ketones (excluding diaryl/α,β-unsaturated/α-hetero) is 1. The number of ketones is 1. The standard InChI is InChI=1S/C29H34F4N2O5/c1-5-40-24-18(2)22(12-13-23(24)20(4)36)19(3)35(15-9-14-29(32,33)21-10-7-6-8-11-21)26(39)34-27(25(37)38)16-28(30,31)17-27/h6-8,10-13,19H,5,9,14-17H2,1-4H3,(H,34,39)(H,37,38)/t19-/m1/s1. The molecule has 3 rings (SSSR count). The van der Waals surface area contributed by atoms with Crippen LogP contribution in [-0.4, -0.2) is 52.4 Å². The molecule has 1 saturated carbocycles. The van der Waals surface area contributed by atoms with Crippen molar-refractivity contribution in [3.05, 3.63) is 64.7 Å². The number of amides is 2. The highest BCUT2D eigenvalue weighted by molar-refractivity contribution is 5.97. The molecule has 40 heavy (non-hydrogen) atoms. The maximum Gasteiger partial charge on any atom is 0.329 e. The highest BCUT2D eigenvalue weighted by Gasteiger charge is 2.62. The van der Waals surface area contributed by atoms with Crippen molar-refractivity contribution < 1.29 is 41.8 Å². The zero-order valence-corrected chi connectivity index (χ0v) is 22.9. The summed E-state index contributed by atoms with van der Waals surface area (Å²) in [5.41, 5.74) is -0.955. The molecule has 0 aromatic heterocycles. The van der Waals surface area contributed by atoms with Crippen LogP contribution in [-0.2, 0) is 10.7 Å². The number of nitrogens with one attached hydrogen (secondary N) is 1. The first-order valence-corrected chi connectivity index (χ1v) is 13.0. The lowest BCUT2D eigenvalue weighted by molar-refractivity contribution is -0.175. The monoisotopic (exact) mass is 566 g/mol. The lowest BCUT2D eigenvalue weighted by Crippen LogP contribution is -2.68. The number of carbonyl (C=O) groups is 3. The molecule has 0 bridgehead atoms. The predicted octanol–water partition coefficient (Wildman–Crippen LogP) is 6.49. The van der Waals surface area contributed by atoms with E-state index < -0.39 is 54.7 Å². The van der Waals surface area contributed by atoms with Crippen molar-refractivity contribution in [2.45, 2.75) is 76.8 Å². The Hall–Kier alpha value is -3.63. The van der Waals surface area contributed by atoms with Gasteiger partial charge in [-0.2, -0.15) is 0 Å². The van der Waals surface area contributed by atoms with E-state index in [9.17, 15) is 37.1 Å². The number of rotatable bonds is 12. The van der Waals surface area contributed by atoms with Crippen LogP contribution in [0.4, 0.5) is 22.4 Å². The molecule has 2 N–H and O–H groups in total. The molecule has 7 nitrogen and oxygen atoms in total. The van der Waals surface area contributed by atoms with E-state index in [1.807, 2.05) is 0 Å². The van der Waals surface area contributed by atoms with Crippen LogP contribution in [0, 0.1) is 6.92 Å². The van der Waals surface area contributed by atoms with Crippen LogP contribution >= 0.6 is 0 Å². The molecule has 1 atom stereocenters. The largest absolute Gasteiger partial charge is 0.493 e. The third-order valence-electron chi connectivity index (χ3n) is 7.26. The van der Waals surface area contributed by atoms with E-state index in [4.69, 9.17) is 4.74 Å². The highest BCUT2D eigenvalue weighted by atomic mass is 19.3. The summed E-state index contributed by atoms with van der Waals surface area (Å²) in [6.45, 7) is 6.46. The molecular formula is C29H34F4N2O5. The number of alkyl halides is 4. The van der Waals surface area contributed by atoms with Gasteiger partial charge in [0.1, 0.15) is 5.75 Å². The van der Waals surface area contributed by atoms with Crippen LogP contribution in [0.2, 0.25) is 0 Å². The summed E-state index contributed by atoms with van der Waals surface area (Å²) < 4.78 is 62.8. The minimum Gasteiger partial charge on any atom is -0.493 e. The van der Waals surface area contributed by atoms with Gasteiger partial charge in [-0.1, -0.05) is 36.4 Å². The number of aliphatic carboxylic acids is 1. The zero-order chi connectivity index (χ0) is 29.9. The maximum absolute atomic E-state index is 14.9. The van der Waals surface area contributed by atoms with Crippen molar-refractivity contribution in [3.63, 3.8) is 0 Å². The highest BCUT2D eigenvalue weighted by Crippen LogP contribution is 2.46. The van der Waals surface area contributed by atoms with Crippen LogP contribution in [0.1, 0.15) is 79.5 Å². The smallest absolute Gasteiger partial charge is 0.329 e. The first-order valence-electron chi connectivity index (χ1n) is 13.0. The Kier molecular flexibility index (Phi) is 9.16. The number of hydrogen-bond acceptors (Lipinski definition) is 4. The fraction of sp³-hybridized carbons (Fsp3) is 0.483. The topological polar surface area (TPSA) is 95.9 Å². The van der Waals surface area contributed by atoms with Gasteiger partial charge in [0, 0.05) is 31.4 Å². The minimum atomic E-state index is -3.24.